The second-order valence-corrected chi connectivity index (χ2v) is 8.30. The molecule has 3 heterocycles. The molecular weight excluding hydrogens is 368 g/mol. The van der Waals surface area contributed by atoms with Gasteiger partial charge >= 0.3 is 0 Å². The summed E-state index contributed by atoms with van der Waals surface area (Å²) in [4.78, 5) is 21.0. The van der Waals surface area contributed by atoms with Crippen LogP contribution >= 0.6 is 0 Å². The Hall–Kier alpha value is -3.49. The van der Waals surface area contributed by atoms with Crippen LogP contribution in [0.3, 0.4) is 0 Å². The number of nitrogens with one attached hydrogen (secondary N) is 1. The Morgan fingerprint density at radius 1 is 1.14 bits per heavy atom. The van der Waals surface area contributed by atoms with Crippen molar-refractivity contribution in [3.05, 3.63) is 36.0 Å². The SMILES string of the molecule is CC(=O)c1nn(CC(C)(C)C)c2c(-c3nn[nH]n3)cc(-c3cnc(C)nc3)cc12. The number of aromatic nitrogens is 8. The number of rotatable bonds is 4. The highest BCUT2D eigenvalue weighted by Crippen LogP contribution is 2.35. The van der Waals surface area contributed by atoms with Crippen molar-refractivity contribution in [1.82, 2.24) is 40.4 Å². The predicted molar refractivity (Wildman–Crippen MR) is 108 cm³/mol. The molecule has 0 unspecified atom stereocenters. The molecule has 4 aromatic rings. The number of aryl methyl sites for hydroxylation is 1. The van der Waals surface area contributed by atoms with Crippen LogP contribution in [0.25, 0.3) is 33.4 Å². The largest absolute Gasteiger partial charge is 0.293 e. The summed E-state index contributed by atoms with van der Waals surface area (Å²) in [5.74, 6) is 1.03. The molecule has 148 valence electrons. The van der Waals surface area contributed by atoms with Crippen LogP contribution in [0.2, 0.25) is 0 Å². The summed E-state index contributed by atoms with van der Waals surface area (Å²) in [5, 5.41) is 20.0. The highest BCUT2D eigenvalue weighted by Gasteiger charge is 2.24. The van der Waals surface area contributed by atoms with E-state index in [2.05, 4.69) is 56.5 Å². The average Bonchev–Trinajstić information content (AvgIpc) is 3.29. The Morgan fingerprint density at radius 2 is 1.86 bits per heavy atom. The molecule has 0 spiro atoms. The van der Waals surface area contributed by atoms with Gasteiger partial charge in [0.05, 0.1) is 5.52 Å². The topological polar surface area (TPSA) is 115 Å². The van der Waals surface area contributed by atoms with Gasteiger partial charge in [-0.05, 0) is 35.2 Å². The Bertz CT molecular complexity index is 1180. The molecule has 0 aliphatic rings. The summed E-state index contributed by atoms with van der Waals surface area (Å²) in [6.45, 7) is 10.4. The van der Waals surface area contributed by atoms with Gasteiger partial charge in [-0.3, -0.25) is 9.48 Å². The number of Topliss-reactive ketones (excluding diaryl/α,β-unsaturated/α-hetero) is 1. The van der Waals surface area contributed by atoms with Gasteiger partial charge < -0.3 is 0 Å². The van der Waals surface area contributed by atoms with Crippen molar-refractivity contribution in [2.45, 2.75) is 41.2 Å². The zero-order valence-electron chi connectivity index (χ0n) is 17.1. The fraction of sp³-hybridized carbons (Fsp3) is 0.350. The molecule has 0 atom stereocenters. The van der Waals surface area contributed by atoms with Gasteiger partial charge in [0, 0.05) is 42.4 Å². The summed E-state index contributed by atoms with van der Waals surface area (Å²) >= 11 is 0. The molecule has 9 heteroatoms. The lowest BCUT2D eigenvalue weighted by Crippen LogP contribution is -2.17. The smallest absolute Gasteiger partial charge is 0.206 e. The number of carbonyl (C=O) groups is 1. The number of hydrogen-bond acceptors (Lipinski definition) is 7. The van der Waals surface area contributed by atoms with E-state index in [0.717, 1.165) is 27.6 Å². The molecule has 0 aliphatic carbocycles. The van der Waals surface area contributed by atoms with Crippen LogP contribution in [0.5, 0.6) is 0 Å². The molecule has 9 nitrogen and oxygen atoms in total. The predicted octanol–water partition coefficient (Wildman–Crippen LogP) is 3.23. The van der Waals surface area contributed by atoms with Crippen molar-refractivity contribution in [3.8, 4) is 22.5 Å². The van der Waals surface area contributed by atoms with E-state index < -0.39 is 0 Å². The van der Waals surface area contributed by atoms with E-state index in [1.54, 1.807) is 12.4 Å². The van der Waals surface area contributed by atoms with Gasteiger partial charge in [0.1, 0.15) is 11.5 Å². The summed E-state index contributed by atoms with van der Waals surface area (Å²) < 4.78 is 1.87. The highest BCUT2D eigenvalue weighted by atomic mass is 16.1. The van der Waals surface area contributed by atoms with Crippen LogP contribution in [-0.2, 0) is 6.54 Å². The zero-order valence-corrected chi connectivity index (χ0v) is 17.1. The van der Waals surface area contributed by atoms with Crippen molar-refractivity contribution >= 4 is 16.7 Å². The molecule has 0 bridgehead atoms. The summed E-state index contributed by atoms with van der Waals surface area (Å²) in [5.41, 5.74) is 3.63. The van der Waals surface area contributed by atoms with Crippen LogP contribution in [0.15, 0.2) is 24.5 Å². The van der Waals surface area contributed by atoms with Crippen LogP contribution in [0, 0.1) is 12.3 Å². The Balaban J connectivity index is 2.06. The minimum atomic E-state index is -0.0981. The maximum Gasteiger partial charge on any atom is 0.206 e. The van der Waals surface area contributed by atoms with E-state index in [4.69, 9.17) is 0 Å². The van der Waals surface area contributed by atoms with Crippen LogP contribution < -0.4 is 0 Å². The molecule has 4 rings (SSSR count). The number of aromatic amines is 1. The van der Waals surface area contributed by atoms with Crippen LogP contribution in [0.4, 0.5) is 0 Å². The first kappa shape index (κ1) is 18.9. The fourth-order valence-electron chi connectivity index (χ4n) is 3.30. The zero-order chi connectivity index (χ0) is 20.8. The van der Waals surface area contributed by atoms with Crippen molar-refractivity contribution < 1.29 is 4.79 Å². The maximum absolute atomic E-state index is 12.4. The average molecular weight is 390 g/mol. The lowest BCUT2D eigenvalue weighted by molar-refractivity contribution is 0.101. The summed E-state index contributed by atoms with van der Waals surface area (Å²) in [7, 11) is 0. The van der Waals surface area contributed by atoms with Gasteiger partial charge in [-0.15, -0.1) is 10.2 Å². The number of H-pyrrole nitrogens is 1. The standard InChI is InChI=1S/C20H22N8O/c1-11(29)17-15-6-13(14-8-21-12(2)22-9-14)7-16(19-23-26-27-24-19)18(15)28(25-17)10-20(3,4)5/h6-9H,10H2,1-5H3,(H,23,24,26,27). The van der Waals surface area contributed by atoms with Crippen LogP contribution in [0.1, 0.15) is 44.0 Å². The van der Waals surface area contributed by atoms with Crippen molar-refractivity contribution in [2.75, 3.05) is 0 Å². The van der Waals surface area contributed by atoms with E-state index >= 15 is 0 Å². The van der Waals surface area contributed by atoms with Gasteiger partial charge in [-0.1, -0.05) is 20.8 Å². The quantitative estimate of drug-likeness (QED) is 0.532. The van der Waals surface area contributed by atoms with Gasteiger partial charge in [-0.2, -0.15) is 10.3 Å². The number of fused-ring (bicyclic) bond motifs is 1. The Labute approximate surface area is 167 Å². The number of hydrogen-bond donors (Lipinski definition) is 1. The van der Waals surface area contributed by atoms with E-state index in [1.807, 2.05) is 23.7 Å². The first-order chi connectivity index (χ1) is 13.7. The molecule has 0 aliphatic heterocycles. The first-order valence-electron chi connectivity index (χ1n) is 9.31. The minimum Gasteiger partial charge on any atom is -0.293 e. The molecule has 3 aromatic heterocycles. The molecule has 29 heavy (non-hydrogen) atoms. The fourth-order valence-corrected chi connectivity index (χ4v) is 3.30. The second kappa shape index (κ2) is 6.84. The van der Waals surface area contributed by atoms with E-state index in [9.17, 15) is 4.79 Å². The highest BCUT2D eigenvalue weighted by molar-refractivity contribution is 6.09. The molecule has 1 N–H and O–H groups in total. The minimum absolute atomic E-state index is 0.0367. The Morgan fingerprint density at radius 3 is 2.45 bits per heavy atom. The maximum atomic E-state index is 12.4. The third kappa shape index (κ3) is 3.63. The van der Waals surface area contributed by atoms with E-state index in [-0.39, 0.29) is 11.2 Å². The van der Waals surface area contributed by atoms with Gasteiger partial charge in [-0.25, -0.2) is 9.97 Å². The lowest BCUT2D eigenvalue weighted by atomic mass is 9.96. The van der Waals surface area contributed by atoms with Gasteiger partial charge in [0.25, 0.3) is 0 Å². The molecule has 0 amide bonds. The number of carbonyl (C=O) groups excluding carboxylic acids is 1. The van der Waals surface area contributed by atoms with Crippen molar-refractivity contribution in [3.63, 3.8) is 0 Å². The molecule has 0 saturated heterocycles. The molecule has 0 radical (unpaired) electrons. The summed E-state index contributed by atoms with van der Waals surface area (Å²) in [6.07, 6.45) is 3.52. The molecule has 0 fully saturated rings. The van der Waals surface area contributed by atoms with Gasteiger partial charge in [0.15, 0.2) is 5.78 Å². The molecule has 0 saturated carbocycles. The van der Waals surface area contributed by atoms with Crippen LogP contribution in [-0.4, -0.2) is 46.2 Å². The normalized spacial score (nSPS) is 11.9. The third-order valence-electron chi connectivity index (χ3n) is 4.50. The number of nitrogens with zero attached hydrogens (tertiary/aromatic N) is 7. The third-order valence-corrected chi connectivity index (χ3v) is 4.50. The number of tetrazole rings is 1. The molecule has 1 aromatic carbocycles. The second-order valence-electron chi connectivity index (χ2n) is 8.30. The molecular formula is C20H22N8O. The number of ketones is 1. The Kier molecular flexibility index (Phi) is 4.45. The van der Waals surface area contributed by atoms with E-state index in [1.165, 1.54) is 6.92 Å². The van der Waals surface area contributed by atoms with Crippen molar-refractivity contribution in [1.29, 1.82) is 0 Å². The summed E-state index contributed by atoms with van der Waals surface area (Å²) in [6, 6.07) is 3.92. The monoisotopic (exact) mass is 390 g/mol. The first-order valence-corrected chi connectivity index (χ1v) is 9.31. The lowest BCUT2D eigenvalue weighted by Gasteiger charge is -2.19. The van der Waals surface area contributed by atoms with Crippen molar-refractivity contribution in [2.24, 2.45) is 5.41 Å². The number of benzene rings is 1. The van der Waals surface area contributed by atoms with E-state index in [0.29, 0.717) is 23.9 Å². The van der Waals surface area contributed by atoms with Gasteiger partial charge in [0.2, 0.25) is 5.82 Å².